The minimum Gasteiger partial charge on any atom is -0.462 e. The molecule has 0 fully saturated rings. The third-order valence-electron chi connectivity index (χ3n) is 13.6. The SMILES string of the molecule is CC/C=C\C/C=C\C/C=C\C/C=C\C/C=C\CCCCCC(=O)OC(COC(=O)CCCCCCCCCCCCCCCCCCCCC)COP(=O)(O)OCC(CO)OC(=O)CCCCCCC/C=C\CCCCCC. The van der Waals surface area contributed by atoms with Crippen LogP contribution < -0.4 is 0 Å². The number of aliphatic hydroxyl groups excluding tert-OH is 1. The summed E-state index contributed by atoms with van der Waals surface area (Å²) in [5.74, 6) is -1.50. The molecule has 0 heterocycles. The number of esters is 3. The molecule has 3 unspecified atom stereocenters. The largest absolute Gasteiger partial charge is 0.472 e. The molecule has 0 aromatic rings. The Balaban J connectivity index is 4.75. The van der Waals surface area contributed by atoms with Gasteiger partial charge in [-0.25, -0.2) is 4.57 Å². The fourth-order valence-corrected chi connectivity index (χ4v) is 9.57. The minimum absolute atomic E-state index is 0.128. The highest BCUT2D eigenvalue weighted by molar-refractivity contribution is 7.47. The lowest BCUT2D eigenvalue weighted by atomic mass is 10.0. The molecule has 12 heteroatoms. The zero-order valence-corrected chi connectivity index (χ0v) is 51.0. The Morgan fingerprint density at radius 1 is 0.372 bits per heavy atom. The summed E-state index contributed by atoms with van der Waals surface area (Å²) in [6, 6.07) is 0. The zero-order chi connectivity index (χ0) is 56.9. The summed E-state index contributed by atoms with van der Waals surface area (Å²) in [6.45, 7) is 4.51. The first-order valence-corrected chi connectivity index (χ1v) is 33.3. The second kappa shape index (κ2) is 60.0. The standard InChI is InChI=1S/C66H117O11P/c1-4-7-10-13-16-19-22-25-27-29-31-33-35-38-40-43-46-49-52-55-64(68)73-59-63(77-66(70)57-54-51-48-45-42-39-36-34-32-30-28-26-23-20-17-14-11-8-5-2)61-75-78(71,72)74-60-62(58-67)76-65(69)56-53-50-47-44-41-37-24-21-18-15-12-9-6-3/h8,11,17,20-21,24,26,28,32,34,39,42,62-63,67H,4-7,9-10,12-16,18-19,22-23,25,27,29-31,33,35-38,40-41,43-61H2,1-3H3,(H,71,72)/b11-8-,20-17-,24-21-,28-26-,34-32-,42-39-. The monoisotopic (exact) mass is 1120 g/mol. The highest BCUT2D eigenvalue weighted by atomic mass is 31.2. The predicted molar refractivity (Wildman–Crippen MR) is 325 cm³/mol. The molecule has 0 spiro atoms. The highest BCUT2D eigenvalue weighted by Gasteiger charge is 2.28. The molecule has 0 aliphatic rings. The molecular weight excluding hydrogens is 1000 g/mol. The van der Waals surface area contributed by atoms with Gasteiger partial charge in [-0.3, -0.25) is 23.4 Å². The number of hydrogen-bond donors (Lipinski definition) is 2. The Morgan fingerprint density at radius 3 is 1.06 bits per heavy atom. The molecule has 452 valence electrons. The van der Waals surface area contributed by atoms with Crippen LogP contribution in [0.3, 0.4) is 0 Å². The van der Waals surface area contributed by atoms with Crippen molar-refractivity contribution >= 4 is 25.7 Å². The van der Waals surface area contributed by atoms with Gasteiger partial charge in [0.2, 0.25) is 0 Å². The van der Waals surface area contributed by atoms with Crippen molar-refractivity contribution in [2.75, 3.05) is 26.4 Å². The molecule has 0 saturated heterocycles. The number of carbonyl (C=O) groups excluding carboxylic acids is 3. The zero-order valence-electron chi connectivity index (χ0n) is 50.1. The van der Waals surface area contributed by atoms with E-state index in [9.17, 15) is 28.9 Å². The van der Waals surface area contributed by atoms with Gasteiger partial charge in [0.1, 0.15) is 12.7 Å². The van der Waals surface area contributed by atoms with Crippen LogP contribution in [-0.2, 0) is 42.2 Å². The first kappa shape index (κ1) is 74.9. The van der Waals surface area contributed by atoms with Gasteiger partial charge in [-0.1, -0.05) is 254 Å². The highest BCUT2D eigenvalue weighted by Crippen LogP contribution is 2.43. The summed E-state index contributed by atoms with van der Waals surface area (Å²) in [7, 11) is -4.76. The van der Waals surface area contributed by atoms with E-state index in [1.54, 1.807) is 0 Å². The Hall–Kier alpha value is -3.08. The molecule has 0 aromatic heterocycles. The van der Waals surface area contributed by atoms with Crippen LogP contribution in [0, 0.1) is 0 Å². The van der Waals surface area contributed by atoms with Gasteiger partial charge in [-0.15, -0.1) is 0 Å². The van der Waals surface area contributed by atoms with Gasteiger partial charge in [0, 0.05) is 19.3 Å². The third-order valence-corrected chi connectivity index (χ3v) is 14.6. The summed E-state index contributed by atoms with van der Waals surface area (Å²) in [4.78, 5) is 48.7. The first-order valence-electron chi connectivity index (χ1n) is 31.8. The van der Waals surface area contributed by atoms with Crippen molar-refractivity contribution in [2.24, 2.45) is 0 Å². The molecule has 0 rings (SSSR count). The van der Waals surface area contributed by atoms with Crippen LogP contribution in [0.1, 0.15) is 290 Å². The van der Waals surface area contributed by atoms with Crippen molar-refractivity contribution < 1.29 is 52.2 Å². The van der Waals surface area contributed by atoms with E-state index in [0.29, 0.717) is 19.3 Å². The molecule has 0 radical (unpaired) electrons. The van der Waals surface area contributed by atoms with Crippen LogP contribution in [0.4, 0.5) is 0 Å². The summed E-state index contributed by atoms with van der Waals surface area (Å²) >= 11 is 0. The predicted octanol–water partition coefficient (Wildman–Crippen LogP) is 19.3. The number of phosphoric acid groups is 1. The van der Waals surface area contributed by atoms with Crippen molar-refractivity contribution in [2.45, 2.75) is 303 Å². The van der Waals surface area contributed by atoms with Crippen molar-refractivity contribution in [1.82, 2.24) is 0 Å². The number of hydrogen-bond acceptors (Lipinski definition) is 10. The van der Waals surface area contributed by atoms with Crippen LogP contribution in [0.25, 0.3) is 0 Å². The Bertz CT molecular complexity index is 1590. The summed E-state index contributed by atoms with van der Waals surface area (Å²) in [5, 5.41) is 9.83. The van der Waals surface area contributed by atoms with Crippen LogP contribution in [0.15, 0.2) is 72.9 Å². The van der Waals surface area contributed by atoms with Gasteiger partial charge in [0.05, 0.1) is 19.8 Å². The molecule has 0 aromatic carbocycles. The van der Waals surface area contributed by atoms with Crippen molar-refractivity contribution in [3.8, 4) is 0 Å². The van der Waals surface area contributed by atoms with Crippen LogP contribution in [0.5, 0.6) is 0 Å². The average molecular weight is 1120 g/mol. The fourth-order valence-electron chi connectivity index (χ4n) is 8.79. The maximum atomic E-state index is 12.9. The average Bonchev–Trinajstić information content (AvgIpc) is 3.43. The van der Waals surface area contributed by atoms with E-state index < -0.39 is 57.8 Å². The second-order valence-electron chi connectivity index (χ2n) is 21.2. The summed E-state index contributed by atoms with van der Waals surface area (Å²) < 4.78 is 39.6. The van der Waals surface area contributed by atoms with Crippen LogP contribution in [-0.4, -0.2) is 66.5 Å². The molecule has 78 heavy (non-hydrogen) atoms. The Morgan fingerprint density at radius 2 is 0.667 bits per heavy atom. The van der Waals surface area contributed by atoms with Gasteiger partial charge in [0.25, 0.3) is 0 Å². The van der Waals surface area contributed by atoms with E-state index >= 15 is 0 Å². The maximum absolute atomic E-state index is 12.9. The van der Waals surface area contributed by atoms with Crippen molar-refractivity contribution in [1.29, 1.82) is 0 Å². The van der Waals surface area contributed by atoms with Gasteiger partial charge in [-0.05, 0) is 89.9 Å². The van der Waals surface area contributed by atoms with Gasteiger partial charge < -0.3 is 24.2 Å². The van der Waals surface area contributed by atoms with Gasteiger partial charge in [0.15, 0.2) is 6.10 Å². The smallest absolute Gasteiger partial charge is 0.462 e. The number of ether oxygens (including phenoxy) is 3. The lowest BCUT2D eigenvalue weighted by molar-refractivity contribution is -0.161. The summed E-state index contributed by atoms with van der Waals surface area (Å²) in [5.41, 5.74) is 0. The van der Waals surface area contributed by atoms with E-state index in [4.69, 9.17) is 23.3 Å². The number of rotatable bonds is 59. The molecule has 2 N–H and O–H groups in total. The normalized spacial score (nSPS) is 13.8. The first-order chi connectivity index (χ1) is 38.2. The quantitative estimate of drug-likeness (QED) is 0.0197. The molecule has 0 bridgehead atoms. The molecule has 0 amide bonds. The van der Waals surface area contributed by atoms with E-state index in [2.05, 4.69) is 93.7 Å². The van der Waals surface area contributed by atoms with Crippen molar-refractivity contribution in [3.05, 3.63) is 72.9 Å². The van der Waals surface area contributed by atoms with Crippen LogP contribution >= 0.6 is 7.82 Å². The van der Waals surface area contributed by atoms with E-state index in [0.717, 1.165) is 109 Å². The van der Waals surface area contributed by atoms with E-state index in [-0.39, 0.29) is 25.9 Å². The Kier molecular flexibility index (Phi) is 57.7. The van der Waals surface area contributed by atoms with Crippen molar-refractivity contribution in [3.63, 3.8) is 0 Å². The molecule has 0 saturated carbocycles. The fraction of sp³-hybridized carbons (Fsp3) is 0.773. The van der Waals surface area contributed by atoms with Gasteiger partial charge in [-0.2, -0.15) is 0 Å². The lowest BCUT2D eigenvalue weighted by Crippen LogP contribution is -2.30. The summed E-state index contributed by atoms with van der Waals surface area (Å²) in [6.07, 6.45) is 68.6. The topological polar surface area (TPSA) is 155 Å². The van der Waals surface area contributed by atoms with E-state index in [1.807, 2.05) is 0 Å². The van der Waals surface area contributed by atoms with Crippen LogP contribution in [0.2, 0.25) is 0 Å². The lowest BCUT2D eigenvalue weighted by Gasteiger charge is -2.21. The molecule has 3 atom stereocenters. The number of unbranched alkanes of at least 4 members (excludes halogenated alkanes) is 30. The second-order valence-corrected chi connectivity index (χ2v) is 22.7. The van der Waals surface area contributed by atoms with E-state index in [1.165, 1.54) is 122 Å². The third kappa shape index (κ3) is 57.6. The number of aliphatic hydroxyl groups is 1. The number of carbonyl (C=O) groups is 3. The number of allylic oxidation sites excluding steroid dienone is 12. The maximum Gasteiger partial charge on any atom is 0.472 e. The molecule has 11 nitrogen and oxygen atoms in total. The Labute approximate surface area is 478 Å². The molecule has 0 aliphatic heterocycles. The van der Waals surface area contributed by atoms with Gasteiger partial charge >= 0.3 is 25.7 Å². The minimum atomic E-state index is -4.76. The number of phosphoric ester groups is 1. The molecular formula is C66H117O11P. The molecule has 0 aliphatic carbocycles.